The number of piperidine rings is 1. The summed E-state index contributed by atoms with van der Waals surface area (Å²) in [5.74, 6) is 0. The summed E-state index contributed by atoms with van der Waals surface area (Å²) in [6.07, 6.45) is 2.77. The quantitative estimate of drug-likeness (QED) is 0.590. The Balaban J connectivity index is 2.28. The van der Waals surface area contributed by atoms with Crippen molar-refractivity contribution < 1.29 is 0 Å². The van der Waals surface area contributed by atoms with Gasteiger partial charge in [0.25, 0.3) is 0 Å². The van der Waals surface area contributed by atoms with Crippen molar-refractivity contribution in [3.05, 3.63) is 0 Å². The molecule has 0 saturated carbocycles. The second-order valence-corrected chi connectivity index (χ2v) is 7.18. The monoisotopic (exact) mass is 199 g/mol. The van der Waals surface area contributed by atoms with Crippen molar-refractivity contribution in [3.63, 3.8) is 0 Å². The summed E-state index contributed by atoms with van der Waals surface area (Å²) in [5.41, 5.74) is 0.487. The topological polar surface area (TPSA) is 3.24 Å². The Hall–Kier alpha value is 0.310. The summed E-state index contributed by atoms with van der Waals surface area (Å²) in [4.78, 5) is 3.11. The highest BCUT2D eigenvalue weighted by Crippen LogP contribution is 2.55. The molecule has 0 unspecified atom stereocenters. The molecule has 2 fully saturated rings. The summed E-state index contributed by atoms with van der Waals surface area (Å²) < 4.78 is 0. The Morgan fingerprint density at radius 2 is 2.00 bits per heavy atom. The van der Waals surface area contributed by atoms with Crippen molar-refractivity contribution in [1.29, 1.82) is 0 Å². The summed E-state index contributed by atoms with van der Waals surface area (Å²) in [6, 6.07) is 0. The van der Waals surface area contributed by atoms with E-state index >= 15 is 0 Å². The van der Waals surface area contributed by atoms with Gasteiger partial charge in [0.15, 0.2) is 0 Å². The molecule has 1 nitrogen and oxygen atoms in total. The molecule has 2 atom stereocenters. The van der Waals surface area contributed by atoms with E-state index in [0.717, 1.165) is 5.25 Å². The van der Waals surface area contributed by atoms with E-state index in [9.17, 15) is 0 Å². The van der Waals surface area contributed by atoms with Crippen molar-refractivity contribution in [2.75, 3.05) is 13.1 Å². The summed E-state index contributed by atoms with van der Waals surface area (Å²) in [7, 11) is 0. The van der Waals surface area contributed by atoms with Crippen LogP contribution in [0.15, 0.2) is 0 Å². The molecule has 13 heavy (non-hydrogen) atoms. The first-order chi connectivity index (χ1) is 5.96. The zero-order valence-corrected chi connectivity index (χ0v) is 10.1. The summed E-state index contributed by atoms with van der Waals surface area (Å²) >= 11 is 2.18. The maximum Gasteiger partial charge on any atom is 0.0696 e. The Bertz CT molecular complexity index is 214. The van der Waals surface area contributed by atoms with Crippen molar-refractivity contribution >= 4 is 11.8 Å². The van der Waals surface area contributed by atoms with Crippen LogP contribution in [-0.4, -0.2) is 28.1 Å². The zero-order chi connectivity index (χ0) is 9.69. The number of thioether (sulfide) groups is 1. The molecule has 0 radical (unpaired) electrons. The zero-order valence-electron chi connectivity index (χ0n) is 9.26. The third kappa shape index (κ3) is 1.33. The van der Waals surface area contributed by atoms with Crippen LogP contribution in [0.1, 0.15) is 40.5 Å². The molecule has 0 aliphatic carbocycles. The van der Waals surface area contributed by atoms with Crippen molar-refractivity contribution in [1.82, 2.24) is 4.90 Å². The Morgan fingerprint density at radius 1 is 1.31 bits per heavy atom. The molecular weight excluding hydrogens is 178 g/mol. The van der Waals surface area contributed by atoms with Crippen LogP contribution in [0.2, 0.25) is 0 Å². The first-order valence-corrected chi connectivity index (χ1v) is 6.26. The molecule has 2 heterocycles. The average molecular weight is 199 g/mol. The smallest absolute Gasteiger partial charge is 0.0696 e. The van der Waals surface area contributed by atoms with Crippen molar-refractivity contribution in [2.24, 2.45) is 5.41 Å². The number of fused-ring (bicyclic) bond motifs is 1. The van der Waals surface area contributed by atoms with E-state index in [2.05, 4.69) is 44.4 Å². The maximum absolute atomic E-state index is 2.70. The van der Waals surface area contributed by atoms with E-state index in [-0.39, 0.29) is 0 Å². The van der Waals surface area contributed by atoms with Crippen LogP contribution in [0.5, 0.6) is 0 Å². The third-order valence-electron chi connectivity index (χ3n) is 4.00. The minimum atomic E-state index is 0.407. The van der Waals surface area contributed by atoms with Gasteiger partial charge in [-0.15, -0.1) is 11.8 Å². The number of hydrogen-bond acceptors (Lipinski definition) is 2. The van der Waals surface area contributed by atoms with Gasteiger partial charge in [0, 0.05) is 11.8 Å². The molecule has 2 aliphatic rings. The van der Waals surface area contributed by atoms with Gasteiger partial charge in [0.05, 0.1) is 4.87 Å². The van der Waals surface area contributed by atoms with Gasteiger partial charge in [-0.1, -0.05) is 20.8 Å². The van der Waals surface area contributed by atoms with Crippen LogP contribution in [-0.2, 0) is 0 Å². The largest absolute Gasteiger partial charge is 0.288 e. The predicted octanol–water partition coefficient (Wildman–Crippen LogP) is 2.96. The molecule has 76 valence electrons. The van der Waals surface area contributed by atoms with Crippen LogP contribution < -0.4 is 0 Å². The molecule has 2 rings (SSSR count). The van der Waals surface area contributed by atoms with Gasteiger partial charge in [0.2, 0.25) is 0 Å². The molecule has 0 aromatic carbocycles. The van der Waals surface area contributed by atoms with Crippen LogP contribution in [0.4, 0.5) is 0 Å². The summed E-state index contributed by atoms with van der Waals surface area (Å²) in [6.45, 7) is 12.3. The lowest BCUT2D eigenvalue weighted by Crippen LogP contribution is -2.54. The van der Waals surface area contributed by atoms with Crippen molar-refractivity contribution in [3.8, 4) is 0 Å². The van der Waals surface area contributed by atoms with E-state index in [1.54, 1.807) is 0 Å². The minimum Gasteiger partial charge on any atom is -0.288 e. The fraction of sp³-hybridized carbons (Fsp3) is 1.00. The molecule has 0 spiro atoms. The predicted molar refractivity (Wildman–Crippen MR) is 60.0 cm³/mol. The van der Waals surface area contributed by atoms with Crippen LogP contribution in [0, 0.1) is 5.41 Å². The minimum absolute atomic E-state index is 0.407. The first-order valence-electron chi connectivity index (χ1n) is 5.39. The van der Waals surface area contributed by atoms with Crippen molar-refractivity contribution in [2.45, 2.75) is 50.7 Å². The Kier molecular flexibility index (Phi) is 2.20. The second-order valence-electron chi connectivity index (χ2n) is 5.34. The van der Waals surface area contributed by atoms with Gasteiger partial charge in [-0.2, -0.15) is 0 Å². The van der Waals surface area contributed by atoms with Gasteiger partial charge in [-0.3, -0.25) is 4.90 Å². The molecular formula is C11H21NS. The van der Waals surface area contributed by atoms with Gasteiger partial charge in [-0.25, -0.2) is 0 Å². The van der Waals surface area contributed by atoms with Crippen LogP contribution in [0.3, 0.4) is 0 Å². The molecule has 0 bridgehead atoms. The molecule has 2 heteroatoms. The SMILES string of the molecule is C[C@@H]1CN2CCCC(C)(C)[C@@]2(C)S1. The molecule has 0 aromatic rings. The lowest BCUT2D eigenvalue weighted by Gasteiger charge is -2.50. The second kappa shape index (κ2) is 2.90. The van der Waals surface area contributed by atoms with Crippen LogP contribution in [0.25, 0.3) is 0 Å². The normalized spacial score (nSPS) is 44.8. The van der Waals surface area contributed by atoms with E-state index in [4.69, 9.17) is 0 Å². The number of hydrogen-bond donors (Lipinski definition) is 0. The molecule has 2 aliphatic heterocycles. The fourth-order valence-corrected chi connectivity index (χ4v) is 4.60. The van der Waals surface area contributed by atoms with E-state index in [0.29, 0.717) is 10.3 Å². The molecule has 2 saturated heterocycles. The number of rotatable bonds is 0. The van der Waals surface area contributed by atoms with Gasteiger partial charge >= 0.3 is 0 Å². The lowest BCUT2D eigenvalue weighted by atomic mass is 9.76. The van der Waals surface area contributed by atoms with E-state index in [1.165, 1.54) is 25.9 Å². The molecule has 0 N–H and O–H groups in total. The first kappa shape index (κ1) is 9.85. The highest BCUT2D eigenvalue weighted by atomic mass is 32.2. The highest BCUT2D eigenvalue weighted by molar-refractivity contribution is 8.01. The summed E-state index contributed by atoms with van der Waals surface area (Å²) in [5, 5.41) is 0.822. The fourth-order valence-electron chi connectivity index (χ4n) is 2.82. The standard InChI is InChI=1S/C11H21NS/c1-9-8-12-7-5-6-10(2,3)11(12,4)13-9/h9H,5-8H2,1-4H3/t9-,11-/m1/s1. The lowest BCUT2D eigenvalue weighted by molar-refractivity contribution is 0.0366. The Morgan fingerprint density at radius 3 is 2.62 bits per heavy atom. The van der Waals surface area contributed by atoms with E-state index in [1.807, 2.05) is 0 Å². The van der Waals surface area contributed by atoms with E-state index < -0.39 is 0 Å². The molecule has 0 amide bonds. The Labute approximate surface area is 86.3 Å². The number of nitrogens with zero attached hydrogens (tertiary/aromatic N) is 1. The van der Waals surface area contributed by atoms with Gasteiger partial charge < -0.3 is 0 Å². The van der Waals surface area contributed by atoms with Crippen LogP contribution >= 0.6 is 11.8 Å². The maximum atomic E-state index is 2.70. The van der Waals surface area contributed by atoms with Gasteiger partial charge in [0.1, 0.15) is 0 Å². The molecule has 0 aromatic heterocycles. The highest BCUT2D eigenvalue weighted by Gasteiger charge is 2.52. The van der Waals surface area contributed by atoms with Gasteiger partial charge in [-0.05, 0) is 31.7 Å². The third-order valence-corrected chi connectivity index (χ3v) is 5.82. The average Bonchev–Trinajstić information content (AvgIpc) is 2.27.